The fraction of sp³-hybridized carbons (Fsp3) is 0.588. The molecule has 0 radical (unpaired) electrons. The highest BCUT2D eigenvalue weighted by Crippen LogP contribution is 2.24. The smallest absolute Gasteiger partial charge is 0.326 e. The Labute approximate surface area is 133 Å². The summed E-state index contributed by atoms with van der Waals surface area (Å²) < 4.78 is 5.45. The lowest BCUT2D eigenvalue weighted by Gasteiger charge is -2.26. The second kappa shape index (κ2) is 8.40. The van der Waals surface area contributed by atoms with E-state index in [2.05, 4.69) is 0 Å². The van der Waals surface area contributed by atoms with E-state index in [1.54, 1.807) is 6.92 Å². The first-order valence-corrected chi connectivity index (χ1v) is 7.58. The van der Waals surface area contributed by atoms with Crippen LogP contribution in [0.2, 0.25) is 0 Å². The molecule has 1 atom stereocenters. The van der Waals surface area contributed by atoms with Crippen molar-refractivity contribution < 1.29 is 9.53 Å². The second-order valence-corrected chi connectivity index (χ2v) is 6.18. The van der Waals surface area contributed by atoms with E-state index in [9.17, 15) is 4.79 Å². The minimum absolute atomic E-state index is 0. The van der Waals surface area contributed by atoms with E-state index < -0.39 is 5.54 Å². The summed E-state index contributed by atoms with van der Waals surface area (Å²) in [6.07, 6.45) is 6.68. The number of halogens is 1. The quantitative estimate of drug-likeness (QED) is 0.847. The van der Waals surface area contributed by atoms with Crippen LogP contribution in [0.15, 0.2) is 30.3 Å². The van der Waals surface area contributed by atoms with Crippen LogP contribution < -0.4 is 5.73 Å². The van der Waals surface area contributed by atoms with Gasteiger partial charge in [0.05, 0.1) is 6.61 Å². The zero-order valence-corrected chi connectivity index (χ0v) is 13.5. The van der Waals surface area contributed by atoms with Crippen molar-refractivity contribution in [1.29, 1.82) is 0 Å². The molecule has 0 saturated heterocycles. The van der Waals surface area contributed by atoms with Gasteiger partial charge >= 0.3 is 5.97 Å². The first-order chi connectivity index (χ1) is 9.58. The standard InChI is InChI=1S/C17H25NO2.ClH/c1-17(18,12-14-8-4-2-5-9-14)16(19)20-13-15-10-6-3-7-11-15;/h2,4-5,8-9,15H,3,6-7,10-13,18H2,1H3;1H/t17-;/m0./s1. The molecule has 0 amide bonds. The lowest BCUT2D eigenvalue weighted by molar-refractivity contribution is -0.151. The van der Waals surface area contributed by atoms with Gasteiger partial charge in [-0.05, 0) is 31.2 Å². The van der Waals surface area contributed by atoms with Crippen LogP contribution in [0.25, 0.3) is 0 Å². The molecule has 2 N–H and O–H groups in total. The van der Waals surface area contributed by atoms with E-state index in [1.807, 2.05) is 30.3 Å². The molecule has 1 fully saturated rings. The fourth-order valence-corrected chi connectivity index (χ4v) is 2.80. The Morgan fingerprint density at radius 1 is 1.24 bits per heavy atom. The summed E-state index contributed by atoms with van der Waals surface area (Å²) in [5.74, 6) is 0.243. The molecule has 1 saturated carbocycles. The number of hydrogen-bond donors (Lipinski definition) is 1. The SMILES string of the molecule is C[C@](N)(Cc1ccccc1)C(=O)OCC1CCCCC1.Cl. The third kappa shape index (κ3) is 5.68. The first kappa shape index (κ1) is 18.0. The molecule has 118 valence electrons. The summed E-state index contributed by atoms with van der Waals surface area (Å²) in [7, 11) is 0. The predicted octanol–water partition coefficient (Wildman–Crippen LogP) is 3.49. The van der Waals surface area contributed by atoms with E-state index in [0.29, 0.717) is 18.9 Å². The third-order valence-electron chi connectivity index (χ3n) is 4.06. The van der Waals surface area contributed by atoms with E-state index in [4.69, 9.17) is 10.5 Å². The van der Waals surface area contributed by atoms with E-state index in [0.717, 1.165) is 5.56 Å². The number of hydrogen-bond acceptors (Lipinski definition) is 3. The first-order valence-electron chi connectivity index (χ1n) is 7.58. The van der Waals surface area contributed by atoms with Crippen LogP contribution in [0, 0.1) is 5.92 Å². The molecule has 0 unspecified atom stereocenters. The molecule has 1 aromatic carbocycles. The van der Waals surface area contributed by atoms with E-state index in [1.165, 1.54) is 32.1 Å². The van der Waals surface area contributed by atoms with E-state index >= 15 is 0 Å². The molecule has 3 nitrogen and oxygen atoms in total. The summed E-state index contributed by atoms with van der Waals surface area (Å²) in [5, 5.41) is 0. The van der Waals surface area contributed by atoms with Crippen molar-refractivity contribution in [3.63, 3.8) is 0 Å². The monoisotopic (exact) mass is 311 g/mol. The third-order valence-corrected chi connectivity index (χ3v) is 4.06. The van der Waals surface area contributed by atoms with Gasteiger partial charge in [0.1, 0.15) is 5.54 Å². The number of esters is 1. The van der Waals surface area contributed by atoms with Crippen molar-refractivity contribution >= 4 is 18.4 Å². The van der Waals surface area contributed by atoms with Crippen LogP contribution >= 0.6 is 12.4 Å². The zero-order chi connectivity index (χ0) is 14.4. The molecule has 0 aliphatic heterocycles. The minimum atomic E-state index is -0.948. The van der Waals surface area contributed by atoms with Gasteiger partial charge in [0.25, 0.3) is 0 Å². The predicted molar refractivity (Wildman–Crippen MR) is 87.5 cm³/mol. The van der Waals surface area contributed by atoms with Gasteiger partial charge in [0, 0.05) is 6.42 Å². The normalized spacial score (nSPS) is 18.4. The molecule has 4 heteroatoms. The van der Waals surface area contributed by atoms with Crippen LogP contribution in [0.3, 0.4) is 0 Å². The van der Waals surface area contributed by atoms with Gasteiger partial charge in [-0.25, -0.2) is 0 Å². The lowest BCUT2D eigenvalue weighted by Crippen LogP contribution is -2.48. The number of carbonyl (C=O) groups excluding carboxylic acids is 1. The summed E-state index contributed by atoms with van der Waals surface area (Å²) in [6.45, 7) is 2.28. The Balaban J connectivity index is 0.00000220. The second-order valence-electron chi connectivity index (χ2n) is 6.18. The number of rotatable bonds is 5. The molecule has 21 heavy (non-hydrogen) atoms. The maximum absolute atomic E-state index is 12.2. The molecule has 2 rings (SSSR count). The molecule has 1 aliphatic rings. The van der Waals surface area contributed by atoms with Crippen LogP contribution in [0.1, 0.15) is 44.6 Å². The maximum atomic E-state index is 12.2. The molecule has 1 aromatic rings. The van der Waals surface area contributed by atoms with Gasteiger partial charge in [-0.1, -0.05) is 49.6 Å². The Kier molecular flexibility index (Phi) is 7.20. The molecular formula is C17H26ClNO2. The van der Waals surface area contributed by atoms with Crippen molar-refractivity contribution in [3.8, 4) is 0 Å². The minimum Gasteiger partial charge on any atom is -0.464 e. The van der Waals surface area contributed by atoms with Crippen LogP contribution in [0.5, 0.6) is 0 Å². The average molecular weight is 312 g/mol. The van der Waals surface area contributed by atoms with Crippen molar-refractivity contribution in [3.05, 3.63) is 35.9 Å². The van der Waals surface area contributed by atoms with Gasteiger partial charge < -0.3 is 10.5 Å². The zero-order valence-electron chi connectivity index (χ0n) is 12.7. The average Bonchev–Trinajstić information content (AvgIpc) is 2.46. The fourth-order valence-electron chi connectivity index (χ4n) is 2.80. The highest BCUT2D eigenvalue weighted by molar-refractivity contribution is 5.85. The van der Waals surface area contributed by atoms with Gasteiger partial charge in [-0.3, -0.25) is 4.79 Å². The van der Waals surface area contributed by atoms with Crippen LogP contribution in [-0.4, -0.2) is 18.1 Å². The highest BCUT2D eigenvalue weighted by Gasteiger charge is 2.31. The van der Waals surface area contributed by atoms with E-state index in [-0.39, 0.29) is 18.4 Å². The molecular weight excluding hydrogens is 286 g/mol. The Morgan fingerprint density at radius 3 is 2.48 bits per heavy atom. The number of benzene rings is 1. The highest BCUT2D eigenvalue weighted by atomic mass is 35.5. The number of ether oxygens (including phenoxy) is 1. The summed E-state index contributed by atoms with van der Waals surface area (Å²) in [6, 6.07) is 9.84. The van der Waals surface area contributed by atoms with Gasteiger partial charge in [0.2, 0.25) is 0 Å². The summed E-state index contributed by atoms with van der Waals surface area (Å²) >= 11 is 0. The largest absolute Gasteiger partial charge is 0.464 e. The van der Waals surface area contributed by atoms with Gasteiger partial charge in [0.15, 0.2) is 0 Å². The van der Waals surface area contributed by atoms with Crippen molar-refractivity contribution in [2.45, 2.75) is 51.0 Å². The number of nitrogens with two attached hydrogens (primary N) is 1. The van der Waals surface area contributed by atoms with Crippen LogP contribution in [-0.2, 0) is 16.0 Å². The Hall–Kier alpha value is -1.06. The topological polar surface area (TPSA) is 52.3 Å². The molecule has 0 heterocycles. The van der Waals surface area contributed by atoms with Crippen LogP contribution in [0.4, 0.5) is 0 Å². The maximum Gasteiger partial charge on any atom is 0.326 e. The molecule has 1 aliphatic carbocycles. The summed E-state index contributed by atoms with van der Waals surface area (Å²) in [4.78, 5) is 12.2. The molecule has 0 spiro atoms. The Morgan fingerprint density at radius 2 is 1.86 bits per heavy atom. The van der Waals surface area contributed by atoms with Crippen molar-refractivity contribution in [2.75, 3.05) is 6.61 Å². The van der Waals surface area contributed by atoms with Gasteiger partial charge in [-0.15, -0.1) is 12.4 Å². The molecule has 0 aromatic heterocycles. The van der Waals surface area contributed by atoms with Crippen molar-refractivity contribution in [1.82, 2.24) is 0 Å². The van der Waals surface area contributed by atoms with Crippen molar-refractivity contribution in [2.24, 2.45) is 11.7 Å². The molecule has 0 bridgehead atoms. The number of carbonyl (C=O) groups is 1. The van der Waals surface area contributed by atoms with Gasteiger partial charge in [-0.2, -0.15) is 0 Å². The Bertz CT molecular complexity index is 428. The summed E-state index contributed by atoms with van der Waals surface area (Å²) in [5.41, 5.74) is 6.25. The lowest BCUT2D eigenvalue weighted by atomic mass is 9.90.